The maximum absolute atomic E-state index is 11.3. The Balaban J connectivity index is 3.07. The van der Waals surface area contributed by atoms with Crippen molar-refractivity contribution >= 4 is 11.7 Å². The first-order valence-corrected chi connectivity index (χ1v) is 4.04. The van der Waals surface area contributed by atoms with Crippen LogP contribution in [0.25, 0.3) is 0 Å². The van der Waals surface area contributed by atoms with Gasteiger partial charge in [-0.25, -0.2) is 0 Å². The fraction of sp³-hybridized carbons (Fsp3) is 0.100. The van der Waals surface area contributed by atoms with Gasteiger partial charge in [-0.05, 0) is 6.07 Å². The number of carbonyl (C=O) groups is 2. The predicted octanol–water partition coefficient (Wildman–Crippen LogP) is 0.165. The molecule has 4 heteroatoms. The molecule has 73 valence electrons. The number of rotatable bonds is 4. The van der Waals surface area contributed by atoms with Crippen LogP contribution in [0.3, 0.4) is 0 Å². The maximum Gasteiger partial charge on any atom is 0.249 e. The number of carbonyl (C=O) groups excluding carboxylic acids is 2. The lowest BCUT2D eigenvalue weighted by atomic mass is 10.0. The maximum atomic E-state index is 11.3. The van der Waals surface area contributed by atoms with Gasteiger partial charge >= 0.3 is 0 Å². The second-order valence-electron chi connectivity index (χ2n) is 2.66. The van der Waals surface area contributed by atoms with Crippen LogP contribution < -0.4 is 5.73 Å². The van der Waals surface area contributed by atoms with Gasteiger partial charge in [-0.3, -0.25) is 9.59 Å². The normalized spacial score (nSPS) is 9.79. The van der Waals surface area contributed by atoms with Crippen LogP contribution in [0, 0.1) is 6.42 Å². The minimum absolute atomic E-state index is 0.169. The minimum atomic E-state index is -0.653. The molecule has 0 aliphatic rings. The fourth-order valence-corrected chi connectivity index (χ4v) is 1.11. The minimum Gasteiger partial charge on any atom is -0.396 e. The number of Topliss-reactive ketones (excluding diaryl/α,β-unsaturated/α-hetero) is 1. The third-order valence-electron chi connectivity index (χ3n) is 1.73. The lowest BCUT2D eigenvalue weighted by Gasteiger charge is -2.03. The van der Waals surface area contributed by atoms with Gasteiger partial charge in [-0.15, -0.1) is 0 Å². The summed E-state index contributed by atoms with van der Waals surface area (Å²) >= 11 is 0. The molecule has 1 radical (unpaired) electrons. The Labute approximate surface area is 81.3 Å². The Morgan fingerprint density at radius 1 is 1.29 bits per heavy atom. The standard InChI is InChI=1S/C10H10NO3/c11-10(14)8-4-2-1-3-7(8)9(13)5-6-12/h1-5,12H,6H2,(H2,11,14). The molecule has 1 aromatic carbocycles. The number of amides is 1. The van der Waals surface area contributed by atoms with Gasteiger partial charge in [0.05, 0.1) is 13.0 Å². The van der Waals surface area contributed by atoms with Crippen LogP contribution in [0.2, 0.25) is 0 Å². The lowest BCUT2D eigenvalue weighted by Crippen LogP contribution is -2.16. The van der Waals surface area contributed by atoms with E-state index in [0.717, 1.165) is 6.42 Å². The highest BCUT2D eigenvalue weighted by atomic mass is 16.3. The lowest BCUT2D eigenvalue weighted by molar-refractivity contribution is 0.0972. The van der Waals surface area contributed by atoms with E-state index in [1.54, 1.807) is 12.1 Å². The first kappa shape index (κ1) is 10.4. The van der Waals surface area contributed by atoms with E-state index in [-0.39, 0.29) is 17.7 Å². The average Bonchev–Trinajstić information content (AvgIpc) is 2.18. The molecule has 0 bridgehead atoms. The molecule has 1 amide bonds. The summed E-state index contributed by atoms with van der Waals surface area (Å²) in [6.45, 7) is -0.355. The molecular weight excluding hydrogens is 182 g/mol. The SMILES string of the molecule is NC(=O)c1ccccc1C(=O)[CH]CO. The van der Waals surface area contributed by atoms with Crippen molar-refractivity contribution in [3.63, 3.8) is 0 Å². The van der Waals surface area contributed by atoms with Crippen molar-refractivity contribution in [1.29, 1.82) is 0 Å². The van der Waals surface area contributed by atoms with Crippen molar-refractivity contribution in [2.75, 3.05) is 6.61 Å². The molecule has 1 aromatic rings. The first-order chi connectivity index (χ1) is 6.66. The van der Waals surface area contributed by atoms with E-state index in [0.29, 0.717) is 0 Å². The van der Waals surface area contributed by atoms with Crippen molar-refractivity contribution in [2.24, 2.45) is 5.73 Å². The zero-order chi connectivity index (χ0) is 10.6. The predicted molar refractivity (Wildman–Crippen MR) is 50.7 cm³/mol. The Morgan fingerprint density at radius 2 is 1.86 bits per heavy atom. The molecule has 14 heavy (non-hydrogen) atoms. The van der Waals surface area contributed by atoms with Crippen LogP contribution in [0.1, 0.15) is 20.7 Å². The van der Waals surface area contributed by atoms with Crippen molar-refractivity contribution < 1.29 is 14.7 Å². The number of primary amides is 1. The Kier molecular flexibility index (Phi) is 3.36. The molecule has 3 N–H and O–H groups in total. The number of ketones is 1. The van der Waals surface area contributed by atoms with Gasteiger partial charge in [0.15, 0.2) is 5.78 Å². The van der Waals surface area contributed by atoms with Crippen LogP contribution >= 0.6 is 0 Å². The Morgan fingerprint density at radius 3 is 2.36 bits per heavy atom. The molecule has 0 atom stereocenters. The van der Waals surface area contributed by atoms with E-state index in [2.05, 4.69) is 0 Å². The molecule has 0 heterocycles. The van der Waals surface area contributed by atoms with E-state index >= 15 is 0 Å². The highest BCUT2D eigenvalue weighted by molar-refractivity contribution is 6.10. The van der Waals surface area contributed by atoms with Crippen LogP contribution in [0.4, 0.5) is 0 Å². The van der Waals surface area contributed by atoms with Crippen LogP contribution in [-0.4, -0.2) is 23.4 Å². The highest BCUT2D eigenvalue weighted by Gasteiger charge is 2.13. The van der Waals surface area contributed by atoms with Gasteiger partial charge in [0.2, 0.25) is 5.91 Å². The first-order valence-electron chi connectivity index (χ1n) is 4.04. The summed E-state index contributed by atoms with van der Waals surface area (Å²) in [4.78, 5) is 22.3. The van der Waals surface area contributed by atoms with Gasteiger partial charge in [-0.1, -0.05) is 18.2 Å². The number of benzene rings is 1. The highest BCUT2D eigenvalue weighted by Crippen LogP contribution is 2.09. The summed E-state index contributed by atoms with van der Waals surface area (Å²) in [7, 11) is 0. The quantitative estimate of drug-likeness (QED) is 0.667. The topological polar surface area (TPSA) is 80.4 Å². The molecule has 0 fully saturated rings. The third kappa shape index (κ3) is 2.17. The molecule has 4 nitrogen and oxygen atoms in total. The Hall–Kier alpha value is -1.68. The van der Waals surface area contributed by atoms with Crippen LogP contribution in [0.15, 0.2) is 24.3 Å². The third-order valence-corrected chi connectivity index (χ3v) is 1.73. The van der Waals surface area contributed by atoms with Gasteiger partial charge < -0.3 is 10.8 Å². The fourth-order valence-electron chi connectivity index (χ4n) is 1.11. The van der Waals surface area contributed by atoms with Crippen molar-refractivity contribution in [1.82, 2.24) is 0 Å². The summed E-state index contributed by atoms with van der Waals surface area (Å²) in [6, 6.07) is 6.22. The van der Waals surface area contributed by atoms with E-state index in [4.69, 9.17) is 10.8 Å². The van der Waals surface area contributed by atoms with E-state index in [1.807, 2.05) is 0 Å². The number of aliphatic hydroxyl groups excluding tert-OH is 1. The summed E-state index contributed by atoms with van der Waals surface area (Å²) in [5.41, 5.74) is 5.47. The van der Waals surface area contributed by atoms with Gasteiger partial charge in [0.25, 0.3) is 0 Å². The summed E-state index contributed by atoms with van der Waals surface area (Å²) in [6.07, 6.45) is 1.09. The van der Waals surface area contributed by atoms with Crippen molar-refractivity contribution in [3.8, 4) is 0 Å². The van der Waals surface area contributed by atoms with Crippen molar-refractivity contribution in [3.05, 3.63) is 41.8 Å². The van der Waals surface area contributed by atoms with Crippen molar-refractivity contribution in [2.45, 2.75) is 0 Å². The van der Waals surface area contributed by atoms with Crippen LogP contribution in [0.5, 0.6) is 0 Å². The molecular formula is C10H10NO3. The summed E-state index contributed by atoms with van der Waals surface area (Å²) in [5, 5.41) is 8.53. The zero-order valence-electron chi connectivity index (χ0n) is 7.43. The average molecular weight is 192 g/mol. The van der Waals surface area contributed by atoms with Gasteiger partial charge in [0.1, 0.15) is 0 Å². The van der Waals surface area contributed by atoms with E-state index in [1.165, 1.54) is 12.1 Å². The molecule has 1 rings (SSSR count). The van der Waals surface area contributed by atoms with E-state index in [9.17, 15) is 9.59 Å². The molecule has 0 aromatic heterocycles. The number of aliphatic hydroxyl groups is 1. The monoisotopic (exact) mass is 192 g/mol. The number of hydrogen-bond acceptors (Lipinski definition) is 3. The van der Waals surface area contributed by atoms with Crippen LogP contribution in [-0.2, 0) is 0 Å². The summed E-state index contributed by atoms with van der Waals surface area (Å²) in [5.74, 6) is -1.05. The van der Waals surface area contributed by atoms with E-state index < -0.39 is 11.7 Å². The van der Waals surface area contributed by atoms with Gasteiger partial charge in [0, 0.05) is 11.1 Å². The molecule has 0 saturated heterocycles. The molecule has 0 aliphatic heterocycles. The zero-order valence-corrected chi connectivity index (χ0v) is 7.43. The number of nitrogens with two attached hydrogens (primary N) is 1. The Bertz CT molecular complexity index is 360. The largest absolute Gasteiger partial charge is 0.396 e. The second-order valence-corrected chi connectivity index (χ2v) is 2.66. The second kappa shape index (κ2) is 4.53. The number of hydrogen-bond donors (Lipinski definition) is 2. The summed E-state index contributed by atoms with van der Waals surface area (Å²) < 4.78 is 0. The molecule has 0 unspecified atom stereocenters. The molecule has 0 saturated carbocycles. The molecule has 0 aliphatic carbocycles. The smallest absolute Gasteiger partial charge is 0.249 e. The molecule has 0 spiro atoms. The van der Waals surface area contributed by atoms with Gasteiger partial charge in [-0.2, -0.15) is 0 Å².